The van der Waals surface area contributed by atoms with Gasteiger partial charge in [-0.1, -0.05) is 34.1 Å². The molecule has 3 rings (SSSR count). The summed E-state index contributed by atoms with van der Waals surface area (Å²) in [7, 11) is 3.55. The summed E-state index contributed by atoms with van der Waals surface area (Å²) >= 11 is 3.45. The smallest absolute Gasteiger partial charge is 0.228 e. The first kappa shape index (κ1) is 15.7. The van der Waals surface area contributed by atoms with E-state index in [0.717, 1.165) is 32.6 Å². The number of pyridine rings is 1. The van der Waals surface area contributed by atoms with Crippen LogP contribution in [0, 0.1) is 6.92 Å². The van der Waals surface area contributed by atoms with Gasteiger partial charge in [0.05, 0.1) is 17.8 Å². The molecule has 5 heteroatoms. The molecular formula is C18H18BrN3O. The Labute approximate surface area is 143 Å². The number of fused-ring (bicyclic) bond motifs is 1. The van der Waals surface area contributed by atoms with Crippen LogP contribution < -0.4 is 0 Å². The summed E-state index contributed by atoms with van der Waals surface area (Å²) in [4.78, 5) is 18.6. The van der Waals surface area contributed by atoms with Crippen molar-refractivity contribution >= 4 is 27.5 Å². The number of aromatic nitrogens is 2. The molecule has 2 heterocycles. The molecule has 0 aliphatic rings. The molecule has 0 saturated carbocycles. The number of imidazole rings is 1. The van der Waals surface area contributed by atoms with Gasteiger partial charge in [0, 0.05) is 30.3 Å². The number of aryl methyl sites for hydroxylation is 1. The van der Waals surface area contributed by atoms with Gasteiger partial charge in [-0.3, -0.25) is 4.79 Å². The Hall–Kier alpha value is -2.14. The van der Waals surface area contributed by atoms with E-state index in [1.807, 2.05) is 53.9 Å². The summed E-state index contributed by atoms with van der Waals surface area (Å²) < 4.78 is 3.04. The molecule has 1 aromatic carbocycles. The second-order valence-corrected chi connectivity index (χ2v) is 6.73. The quantitative estimate of drug-likeness (QED) is 0.703. The number of amides is 1. The summed E-state index contributed by atoms with van der Waals surface area (Å²) in [5, 5.41) is 0. The van der Waals surface area contributed by atoms with E-state index in [4.69, 9.17) is 4.98 Å². The standard InChI is InChI=1S/C18H18BrN3O/c1-12-4-9-16-20-18(13-5-7-14(19)8-6-13)15(22(16)11-12)10-17(23)21(2)3/h4-9,11H,10H2,1-3H3. The Balaban J connectivity index is 2.19. The van der Waals surface area contributed by atoms with E-state index in [-0.39, 0.29) is 5.91 Å². The Kier molecular flexibility index (Phi) is 4.22. The molecule has 0 N–H and O–H groups in total. The fraction of sp³-hybridized carbons (Fsp3) is 0.222. The number of nitrogens with zero attached hydrogens (tertiary/aromatic N) is 3. The number of carbonyl (C=O) groups excluding carboxylic acids is 1. The van der Waals surface area contributed by atoms with Crippen molar-refractivity contribution in [3.8, 4) is 11.3 Å². The van der Waals surface area contributed by atoms with Gasteiger partial charge in [0.1, 0.15) is 5.65 Å². The molecule has 3 aromatic rings. The molecule has 0 radical (unpaired) electrons. The number of likely N-dealkylation sites (N-methyl/N-ethyl adjacent to an activating group) is 1. The van der Waals surface area contributed by atoms with Gasteiger partial charge in [-0.15, -0.1) is 0 Å². The molecule has 0 unspecified atom stereocenters. The van der Waals surface area contributed by atoms with E-state index in [9.17, 15) is 4.79 Å². The minimum Gasteiger partial charge on any atom is -0.348 e. The van der Waals surface area contributed by atoms with E-state index < -0.39 is 0 Å². The Morgan fingerprint density at radius 1 is 1.17 bits per heavy atom. The van der Waals surface area contributed by atoms with Crippen molar-refractivity contribution in [2.45, 2.75) is 13.3 Å². The topological polar surface area (TPSA) is 37.6 Å². The highest BCUT2D eigenvalue weighted by Gasteiger charge is 2.18. The maximum atomic E-state index is 12.3. The van der Waals surface area contributed by atoms with Gasteiger partial charge < -0.3 is 9.30 Å². The zero-order valence-electron chi connectivity index (χ0n) is 13.4. The lowest BCUT2D eigenvalue weighted by Gasteiger charge is -2.11. The van der Waals surface area contributed by atoms with E-state index >= 15 is 0 Å². The van der Waals surface area contributed by atoms with Crippen LogP contribution in [0.5, 0.6) is 0 Å². The van der Waals surface area contributed by atoms with Crippen LogP contribution in [0.15, 0.2) is 47.1 Å². The Morgan fingerprint density at radius 3 is 2.52 bits per heavy atom. The summed E-state index contributed by atoms with van der Waals surface area (Å²) in [5.41, 5.74) is 4.78. The number of hydrogen-bond acceptors (Lipinski definition) is 2. The van der Waals surface area contributed by atoms with Crippen LogP contribution >= 0.6 is 15.9 Å². The number of hydrogen-bond donors (Lipinski definition) is 0. The highest BCUT2D eigenvalue weighted by atomic mass is 79.9. The van der Waals surface area contributed by atoms with Gasteiger partial charge in [0.25, 0.3) is 0 Å². The fourth-order valence-electron chi connectivity index (χ4n) is 2.51. The van der Waals surface area contributed by atoms with Gasteiger partial charge in [-0.05, 0) is 30.7 Å². The lowest BCUT2D eigenvalue weighted by molar-refractivity contribution is -0.128. The predicted octanol–water partition coefficient (Wildman–Crippen LogP) is 3.70. The molecule has 0 saturated heterocycles. The average molecular weight is 372 g/mol. The Bertz CT molecular complexity index is 866. The molecule has 0 aliphatic heterocycles. The summed E-state index contributed by atoms with van der Waals surface area (Å²) in [5.74, 6) is 0.0617. The second kappa shape index (κ2) is 6.16. The van der Waals surface area contributed by atoms with Crippen molar-refractivity contribution < 1.29 is 4.79 Å². The van der Waals surface area contributed by atoms with Crippen LogP contribution in [0.25, 0.3) is 16.9 Å². The van der Waals surface area contributed by atoms with E-state index in [1.54, 1.807) is 19.0 Å². The van der Waals surface area contributed by atoms with Crippen molar-refractivity contribution in [3.05, 3.63) is 58.3 Å². The molecular weight excluding hydrogens is 354 g/mol. The maximum absolute atomic E-state index is 12.3. The van der Waals surface area contributed by atoms with Gasteiger partial charge in [0.15, 0.2) is 0 Å². The maximum Gasteiger partial charge on any atom is 0.228 e. The number of rotatable bonds is 3. The van der Waals surface area contributed by atoms with Crippen molar-refractivity contribution in [3.63, 3.8) is 0 Å². The lowest BCUT2D eigenvalue weighted by Crippen LogP contribution is -2.24. The first-order valence-corrected chi connectivity index (χ1v) is 8.18. The molecule has 0 spiro atoms. The largest absolute Gasteiger partial charge is 0.348 e. The normalized spacial score (nSPS) is 11.0. The van der Waals surface area contributed by atoms with Crippen LogP contribution in [0.3, 0.4) is 0 Å². The molecule has 0 atom stereocenters. The third kappa shape index (κ3) is 3.15. The average Bonchev–Trinajstić information content (AvgIpc) is 2.86. The highest BCUT2D eigenvalue weighted by molar-refractivity contribution is 9.10. The van der Waals surface area contributed by atoms with E-state index in [2.05, 4.69) is 15.9 Å². The summed E-state index contributed by atoms with van der Waals surface area (Å²) in [6.45, 7) is 2.04. The summed E-state index contributed by atoms with van der Waals surface area (Å²) in [6, 6.07) is 12.0. The van der Waals surface area contributed by atoms with Crippen molar-refractivity contribution in [2.75, 3.05) is 14.1 Å². The van der Waals surface area contributed by atoms with Crippen LogP contribution in [-0.2, 0) is 11.2 Å². The van der Waals surface area contributed by atoms with Crippen molar-refractivity contribution in [2.24, 2.45) is 0 Å². The molecule has 118 valence electrons. The predicted molar refractivity (Wildman–Crippen MR) is 95.5 cm³/mol. The third-order valence-corrected chi connectivity index (χ3v) is 4.33. The van der Waals surface area contributed by atoms with Gasteiger partial charge in [-0.2, -0.15) is 0 Å². The van der Waals surface area contributed by atoms with Crippen molar-refractivity contribution in [1.82, 2.24) is 14.3 Å². The first-order valence-electron chi connectivity index (χ1n) is 7.39. The Morgan fingerprint density at radius 2 is 1.87 bits per heavy atom. The highest BCUT2D eigenvalue weighted by Crippen LogP contribution is 2.27. The molecule has 0 bridgehead atoms. The third-order valence-electron chi connectivity index (χ3n) is 3.80. The molecule has 23 heavy (non-hydrogen) atoms. The number of carbonyl (C=O) groups is 1. The molecule has 0 aliphatic carbocycles. The minimum atomic E-state index is 0.0617. The minimum absolute atomic E-state index is 0.0617. The zero-order valence-corrected chi connectivity index (χ0v) is 15.0. The van der Waals surface area contributed by atoms with Crippen LogP contribution in [-0.4, -0.2) is 34.3 Å². The van der Waals surface area contributed by atoms with Gasteiger partial charge in [0.2, 0.25) is 5.91 Å². The van der Waals surface area contributed by atoms with Crippen LogP contribution in [0.4, 0.5) is 0 Å². The van der Waals surface area contributed by atoms with Gasteiger partial charge >= 0.3 is 0 Å². The number of benzene rings is 1. The summed E-state index contributed by atoms with van der Waals surface area (Å²) in [6.07, 6.45) is 2.35. The van der Waals surface area contributed by atoms with Crippen LogP contribution in [0.1, 0.15) is 11.3 Å². The molecule has 1 amide bonds. The van der Waals surface area contributed by atoms with Crippen LogP contribution in [0.2, 0.25) is 0 Å². The van der Waals surface area contributed by atoms with Gasteiger partial charge in [-0.25, -0.2) is 4.98 Å². The zero-order chi connectivity index (χ0) is 16.6. The fourth-order valence-corrected chi connectivity index (χ4v) is 2.77. The SMILES string of the molecule is Cc1ccc2nc(-c3ccc(Br)cc3)c(CC(=O)N(C)C)n2c1. The van der Waals surface area contributed by atoms with E-state index in [1.165, 1.54) is 0 Å². The first-order chi connectivity index (χ1) is 11.0. The molecule has 0 fully saturated rings. The molecule has 2 aromatic heterocycles. The van der Waals surface area contributed by atoms with E-state index in [0.29, 0.717) is 6.42 Å². The molecule has 4 nitrogen and oxygen atoms in total. The monoisotopic (exact) mass is 371 g/mol. The lowest BCUT2D eigenvalue weighted by atomic mass is 10.1. The van der Waals surface area contributed by atoms with Crippen molar-refractivity contribution in [1.29, 1.82) is 0 Å². The number of halogens is 1. The second-order valence-electron chi connectivity index (χ2n) is 5.81.